The van der Waals surface area contributed by atoms with Crippen LogP contribution >= 0.6 is 22.9 Å². The van der Waals surface area contributed by atoms with Gasteiger partial charge in [-0.15, -0.1) is 11.3 Å². The van der Waals surface area contributed by atoms with Crippen molar-refractivity contribution in [2.75, 3.05) is 5.32 Å². The number of halogens is 2. The third-order valence-corrected chi connectivity index (χ3v) is 4.05. The van der Waals surface area contributed by atoms with Gasteiger partial charge in [-0.25, -0.2) is 9.37 Å². The topological polar surface area (TPSA) is 62.2 Å². The van der Waals surface area contributed by atoms with Crippen LogP contribution in [0.25, 0.3) is 0 Å². The summed E-state index contributed by atoms with van der Waals surface area (Å²) in [6.45, 7) is 1.83. The summed E-state index contributed by atoms with van der Waals surface area (Å²) in [5.74, 6) is -1.31. The first kappa shape index (κ1) is 14.7. The van der Waals surface area contributed by atoms with E-state index in [1.54, 1.807) is 6.07 Å². The quantitative estimate of drug-likeness (QED) is 0.875. The normalized spacial score (nSPS) is 10.6. The largest absolute Gasteiger partial charge is 0.481 e. The van der Waals surface area contributed by atoms with Crippen LogP contribution in [0.5, 0.6) is 0 Å². The number of hydrogen-bond donors (Lipinski definition) is 2. The van der Waals surface area contributed by atoms with E-state index in [-0.39, 0.29) is 11.4 Å². The second-order valence-electron chi connectivity index (χ2n) is 4.18. The number of thiazole rings is 1. The van der Waals surface area contributed by atoms with Crippen molar-refractivity contribution in [3.05, 3.63) is 39.6 Å². The van der Waals surface area contributed by atoms with Crippen LogP contribution in [-0.2, 0) is 11.2 Å². The molecule has 0 radical (unpaired) electrons. The average molecular weight is 315 g/mol. The number of carboxylic acids is 1. The highest BCUT2D eigenvalue weighted by atomic mass is 35.5. The van der Waals surface area contributed by atoms with Gasteiger partial charge in [0.15, 0.2) is 5.13 Å². The number of nitrogens with zero attached hydrogens (tertiary/aromatic N) is 1. The Morgan fingerprint density at radius 1 is 1.55 bits per heavy atom. The van der Waals surface area contributed by atoms with Crippen molar-refractivity contribution in [3.8, 4) is 0 Å². The van der Waals surface area contributed by atoms with E-state index in [2.05, 4.69) is 10.3 Å². The van der Waals surface area contributed by atoms with E-state index in [0.717, 1.165) is 10.6 Å². The monoisotopic (exact) mass is 314 g/mol. The van der Waals surface area contributed by atoms with Crippen LogP contribution in [0.2, 0.25) is 5.02 Å². The van der Waals surface area contributed by atoms with Gasteiger partial charge in [-0.05, 0) is 31.5 Å². The number of aliphatic carboxylic acids is 1. The van der Waals surface area contributed by atoms with Crippen LogP contribution in [0.1, 0.15) is 17.0 Å². The summed E-state index contributed by atoms with van der Waals surface area (Å²) < 4.78 is 13.1. The Balaban J connectivity index is 2.11. The molecule has 0 aliphatic heterocycles. The molecule has 0 fully saturated rings. The SMILES string of the molecule is Cc1nc(Nc2ccc(F)c(Cl)c2)sc1CCC(=O)O. The van der Waals surface area contributed by atoms with E-state index in [1.807, 2.05) is 6.92 Å². The van der Waals surface area contributed by atoms with Gasteiger partial charge < -0.3 is 10.4 Å². The summed E-state index contributed by atoms with van der Waals surface area (Å²) >= 11 is 7.09. The maximum Gasteiger partial charge on any atom is 0.303 e. The minimum Gasteiger partial charge on any atom is -0.481 e. The van der Waals surface area contributed by atoms with Gasteiger partial charge in [0.2, 0.25) is 0 Å². The van der Waals surface area contributed by atoms with Gasteiger partial charge in [0.1, 0.15) is 5.82 Å². The van der Waals surface area contributed by atoms with Gasteiger partial charge >= 0.3 is 5.97 Å². The van der Waals surface area contributed by atoms with E-state index in [4.69, 9.17) is 16.7 Å². The highest BCUT2D eigenvalue weighted by molar-refractivity contribution is 7.15. The molecular weight excluding hydrogens is 303 g/mol. The smallest absolute Gasteiger partial charge is 0.303 e. The summed E-state index contributed by atoms with van der Waals surface area (Å²) in [6.07, 6.45) is 0.523. The fourth-order valence-electron chi connectivity index (χ4n) is 1.63. The molecule has 0 aliphatic rings. The number of aromatic nitrogens is 1. The number of nitrogens with one attached hydrogen (secondary N) is 1. The maximum atomic E-state index is 13.1. The van der Waals surface area contributed by atoms with Gasteiger partial charge in [0.05, 0.1) is 17.1 Å². The zero-order valence-corrected chi connectivity index (χ0v) is 12.2. The molecule has 0 aliphatic carbocycles. The number of aryl methyl sites for hydroxylation is 2. The fourth-order valence-corrected chi connectivity index (χ4v) is 2.79. The van der Waals surface area contributed by atoms with Crippen molar-refractivity contribution in [2.45, 2.75) is 19.8 Å². The Hall–Kier alpha value is -1.66. The molecule has 1 heterocycles. The molecule has 0 saturated carbocycles. The molecular formula is C13H12ClFN2O2S. The highest BCUT2D eigenvalue weighted by Gasteiger charge is 2.10. The lowest BCUT2D eigenvalue weighted by Gasteiger charge is -2.03. The van der Waals surface area contributed by atoms with Crippen LogP contribution in [0.3, 0.4) is 0 Å². The molecule has 2 N–H and O–H groups in total. The van der Waals surface area contributed by atoms with Crippen molar-refractivity contribution in [3.63, 3.8) is 0 Å². The molecule has 20 heavy (non-hydrogen) atoms. The summed E-state index contributed by atoms with van der Waals surface area (Å²) in [4.78, 5) is 15.8. The second-order valence-corrected chi connectivity index (χ2v) is 5.67. The standard InChI is InChI=1S/C13H12ClFN2O2S/c1-7-11(4-5-12(18)19)20-13(16-7)17-8-2-3-10(15)9(14)6-8/h2-3,6H,4-5H2,1H3,(H,16,17)(H,18,19). The first-order valence-electron chi connectivity index (χ1n) is 5.86. The Labute approximate surface area is 124 Å². The lowest BCUT2D eigenvalue weighted by atomic mass is 10.2. The number of benzene rings is 1. The van der Waals surface area contributed by atoms with Gasteiger partial charge in [-0.2, -0.15) is 0 Å². The zero-order chi connectivity index (χ0) is 14.7. The van der Waals surface area contributed by atoms with Crippen LogP contribution in [0.15, 0.2) is 18.2 Å². The average Bonchev–Trinajstić information content (AvgIpc) is 2.72. The van der Waals surface area contributed by atoms with E-state index >= 15 is 0 Å². The molecule has 0 bridgehead atoms. The van der Waals surface area contributed by atoms with Gasteiger partial charge in [0.25, 0.3) is 0 Å². The second kappa shape index (κ2) is 6.19. The Morgan fingerprint density at radius 2 is 2.30 bits per heavy atom. The van der Waals surface area contributed by atoms with Crippen LogP contribution in [0.4, 0.5) is 15.2 Å². The Kier molecular flexibility index (Phi) is 4.57. The summed E-state index contributed by atoms with van der Waals surface area (Å²) in [6, 6.07) is 4.32. The van der Waals surface area contributed by atoms with Crippen molar-refractivity contribution in [1.29, 1.82) is 0 Å². The van der Waals surface area contributed by atoms with Gasteiger partial charge in [-0.3, -0.25) is 4.79 Å². The van der Waals surface area contributed by atoms with Crippen molar-refractivity contribution in [1.82, 2.24) is 4.98 Å². The molecule has 2 rings (SSSR count). The lowest BCUT2D eigenvalue weighted by Crippen LogP contribution is -1.96. The van der Waals surface area contributed by atoms with Crippen LogP contribution < -0.4 is 5.32 Å². The number of hydrogen-bond acceptors (Lipinski definition) is 4. The zero-order valence-electron chi connectivity index (χ0n) is 10.6. The van der Waals surface area contributed by atoms with E-state index < -0.39 is 11.8 Å². The minimum atomic E-state index is -0.836. The number of rotatable bonds is 5. The number of carbonyl (C=O) groups is 1. The molecule has 106 valence electrons. The summed E-state index contributed by atoms with van der Waals surface area (Å²) in [5, 5.41) is 12.4. The van der Waals surface area contributed by atoms with E-state index in [0.29, 0.717) is 17.2 Å². The Morgan fingerprint density at radius 3 is 2.95 bits per heavy atom. The summed E-state index contributed by atoms with van der Waals surface area (Å²) in [7, 11) is 0. The minimum absolute atomic E-state index is 0.0365. The molecule has 1 aromatic heterocycles. The molecule has 7 heteroatoms. The number of anilines is 2. The third-order valence-electron chi connectivity index (χ3n) is 2.63. The molecule has 0 unspecified atom stereocenters. The lowest BCUT2D eigenvalue weighted by molar-refractivity contribution is -0.136. The molecule has 2 aromatic rings. The fraction of sp³-hybridized carbons (Fsp3) is 0.231. The van der Waals surface area contributed by atoms with Gasteiger partial charge in [0, 0.05) is 10.6 Å². The molecule has 4 nitrogen and oxygen atoms in total. The van der Waals surface area contributed by atoms with E-state index in [1.165, 1.54) is 23.5 Å². The van der Waals surface area contributed by atoms with Crippen molar-refractivity contribution >= 4 is 39.7 Å². The first-order valence-corrected chi connectivity index (χ1v) is 7.05. The first-order chi connectivity index (χ1) is 9.45. The Bertz CT molecular complexity index is 645. The van der Waals surface area contributed by atoms with Crippen LogP contribution in [-0.4, -0.2) is 16.1 Å². The number of carboxylic acid groups (broad SMARTS) is 1. The predicted octanol–water partition coefficient (Wildman–Crippen LogP) is 4.00. The molecule has 0 saturated heterocycles. The van der Waals surface area contributed by atoms with Crippen molar-refractivity contribution in [2.24, 2.45) is 0 Å². The maximum absolute atomic E-state index is 13.1. The van der Waals surface area contributed by atoms with E-state index in [9.17, 15) is 9.18 Å². The predicted molar refractivity (Wildman–Crippen MR) is 77.5 cm³/mol. The van der Waals surface area contributed by atoms with Crippen LogP contribution in [0, 0.1) is 12.7 Å². The van der Waals surface area contributed by atoms with Gasteiger partial charge in [-0.1, -0.05) is 11.6 Å². The molecule has 0 amide bonds. The molecule has 0 atom stereocenters. The molecule has 1 aromatic carbocycles. The highest BCUT2D eigenvalue weighted by Crippen LogP contribution is 2.28. The summed E-state index contributed by atoms with van der Waals surface area (Å²) in [5.41, 5.74) is 1.43. The third kappa shape index (κ3) is 3.68. The van der Waals surface area contributed by atoms with Crippen molar-refractivity contribution < 1.29 is 14.3 Å². The molecule has 0 spiro atoms.